The van der Waals surface area contributed by atoms with Gasteiger partial charge in [0, 0.05) is 26.2 Å². The highest BCUT2D eigenvalue weighted by molar-refractivity contribution is 6.41. The Morgan fingerprint density at radius 3 is 2.28 bits per heavy atom. The highest BCUT2D eigenvalue weighted by atomic mass is 35.5. The van der Waals surface area contributed by atoms with Crippen LogP contribution < -0.4 is 5.32 Å². The van der Waals surface area contributed by atoms with Crippen LogP contribution in [-0.4, -0.2) is 53.7 Å². The Kier molecular flexibility index (Phi) is 5.04. The summed E-state index contributed by atoms with van der Waals surface area (Å²) >= 11 is 5.97. The van der Waals surface area contributed by atoms with Crippen molar-refractivity contribution in [2.75, 3.05) is 31.5 Å². The van der Waals surface area contributed by atoms with Crippen LogP contribution in [0, 0.1) is 0 Å². The zero-order valence-electron chi connectivity index (χ0n) is 13.3. The molecule has 3 rings (SSSR count). The third kappa shape index (κ3) is 3.83. The van der Waals surface area contributed by atoms with Crippen molar-refractivity contribution in [2.24, 2.45) is 0 Å². The SMILES string of the molecule is O=C(Nc1ccccc1Cl)C(=O)N1CCN(C(=O)c2ccco2)CC1. The molecule has 1 saturated heterocycles. The van der Waals surface area contributed by atoms with Gasteiger partial charge in [-0.05, 0) is 24.3 Å². The number of piperazine rings is 1. The molecule has 1 aromatic carbocycles. The first-order chi connectivity index (χ1) is 12.1. The van der Waals surface area contributed by atoms with Gasteiger partial charge in [-0.1, -0.05) is 23.7 Å². The van der Waals surface area contributed by atoms with Gasteiger partial charge in [0.2, 0.25) is 0 Å². The number of anilines is 1. The lowest BCUT2D eigenvalue weighted by Crippen LogP contribution is -2.52. The van der Waals surface area contributed by atoms with Crippen molar-refractivity contribution in [3.63, 3.8) is 0 Å². The second kappa shape index (κ2) is 7.40. The second-order valence-corrected chi connectivity index (χ2v) is 5.90. The summed E-state index contributed by atoms with van der Waals surface area (Å²) in [6.07, 6.45) is 1.44. The summed E-state index contributed by atoms with van der Waals surface area (Å²) in [5.74, 6) is -1.36. The summed E-state index contributed by atoms with van der Waals surface area (Å²) in [5.41, 5.74) is 0.383. The molecule has 7 nitrogen and oxygen atoms in total. The molecule has 1 aliphatic heterocycles. The van der Waals surface area contributed by atoms with Gasteiger partial charge in [-0.3, -0.25) is 14.4 Å². The molecule has 1 aliphatic rings. The number of carbonyl (C=O) groups excluding carboxylic acids is 3. The Morgan fingerprint density at radius 2 is 1.64 bits per heavy atom. The Labute approximate surface area is 149 Å². The average Bonchev–Trinajstić information content (AvgIpc) is 3.17. The summed E-state index contributed by atoms with van der Waals surface area (Å²) in [7, 11) is 0. The van der Waals surface area contributed by atoms with Gasteiger partial charge < -0.3 is 19.5 Å². The van der Waals surface area contributed by atoms with E-state index in [1.807, 2.05) is 0 Å². The molecule has 1 fully saturated rings. The molecule has 8 heteroatoms. The number of rotatable bonds is 2. The van der Waals surface area contributed by atoms with E-state index >= 15 is 0 Å². The third-order valence-electron chi connectivity index (χ3n) is 3.90. The van der Waals surface area contributed by atoms with E-state index in [0.29, 0.717) is 23.8 Å². The van der Waals surface area contributed by atoms with Gasteiger partial charge in [0.05, 0.1) is 17.0 Å². The minimum Gasteiger partial charge on any atom is -0.459 e. The van der Waals surface area contributed by atoms with E-state index in [1.165, 1.54) is 11.2 Å². The molecule has 130 valence electrons. The van der Waals surface area contributed by atoms with Crippen LogP contribution in [0.15, 0.2) is 47.1 Å². The monoisotopic (exact) mass is 361 g/mol. The van der Waals surface area contributed by atoms with Crippen molar-refractivity contribution >= 4 is 35.0 Å². The van der Waals surface area contributed by atoms with E-state index in [2.05, 4.69) is 5.32 Å². The number of amides is 3. The number of carbonyl (C=O) groups is 3. The Morgan fingerprint density at radius 1 is 0.960 bits per heavy atom. The minimum absolute atomic E-state index is 0.224. The van der Waals surface area contributed by atoms with E-state index < -0.39 is 11.8 Å². The summed E-state index contributed by atoms with van der Waals surface area (Å²) in [5, 5.41) is 2.86. The molecule has 0 spiro atoms. The van der Waals surface area contributed by atoms with Gasteiger partial charge in [0.15, 0.2) is 5.76 Å². The van der Waals surface area contributed by atoms with Crippen molar-refractivity contribution in [3.05, 3.63) is 53.4 Å². The number of halogens is 1. The number of nitrogens with zero attached hydrogens (tertiary/aromatic N) is 2. The highest BCUT2D eigenvalue weighted by Crippen LogP contribution is 2.20. The van der Waals surface area contributed by atoms with Crippen molar-refractivity contribution < 1.29 is 18.8 Å². The largest absolute Gasteiger partial charge is 0.459 e. The number of benzene rings is 1. The zero-order chi connectivity index (χ0) is 17.8. The van der Waals surface area contributed by atoms with Crippen LogP contribution in [-0.2, 0) is 9.59 Å². The van der Waals surface area contributed by atoms with Crippen molar-refractivity contribution in [1.82, 2.24) is 9.80 Å². The number of furan rings is 1. The number of hydrogen-bond acceptors (Lipinski definition) is 4. The molecule has 0 bridgehead atoms. The molecule has 0 unspecified atom stereocenters. The molecular weight excluding hydrogens is 346 g/mol. The first-order valence-corrected chi connectivity index (χ1v) is 8.11. The maximum absolute atomic E-state index is 12.3. The van der Waals surface area contributed by atoms with Gasteiger partial charge in [0.1, 0.15) is 0 Å². The van der Waals surface area contributed by atoms with E-state index in [4.69, 9.17) is 16.0 Å². The molecule has 1 N–H and O–H groups in total. The molecule has 0 saturated carbocycles. The van der Waals surface area contributed by atoms with E-state index in [9.17, 15) is 14.4 Å². The second-order valence-electron chi connectivity index (χ2n) is 5.50. The molecule has 0 atom stereocenters. The first-order valence-electron chi connectivity index (χ1n) is 7.74. The van der Waals surface area contributed by atoms with Crippen LogP contribution in [0.3, 0.4) is 0 Å². The molecule has 2 heterocycles. The van der Waals surface area contributed by atoms with Crippen LogP contribution in [0.1, 0.15) is 10.6 Å². The Hall–Kier alpha value is -2.80. The molecule has 0 aliphatic carbocycles. The van der Waals surface area contributed by atoms with Crippen LogP contribution in [0.4, 0.5) is 5.69 Å². The summed E-state index contributed by atoms with van der Waals surface area (Å²) in [6.45, 7) is 1.23. The summed E-state index contributed by atoms with van der Waals surface area (Å²) < 4.78 is 5.09. The molecular formula is C17H16ClN3O4. The lowest BCUT2D eigenvalue weighted by molar-refractivity contribution is -0.144. The normalized spacial score (nSPS) is 14.3. The fraction of sp³-hybridized carbons (Fsp3) is 0.235. The Bertz CT molecular complexity index is 783. The average molecular weight is 362 g/mol. The zero-order valence-corrected chi connectivity index (χ0v) is 14.0. The summed E-state index contributed by atoms with van der Waals surface area (Å²) in [6, 6.07) is 9.93. The molecule has 25 heavy (non-hydrogen) atoms. The van der Waals surface area contributed by atoms with Gasteiger partial charge in [-0.15, -0.1) is 0 Å². The standard InChI is InChI=1S/C17H16ClN3O4/c18-12-4-1-2-5-13(12)19-15(22)17(24)21-9-7-20(8-10-21)16(23)14-6-3-11-25-14/h1-6,11H,7-10H2,(H,19,22). The number of nitrogens with one attached hydrogen (secondary N) is 1. The fourth-order valence-corrected chi connectivity index (χ4v) is 2.73. The maximum atomic E-state index is 12.3. The maximum Gasteiger partial charge on any atom is 0.313 e. The van der Waals surface area contributed by atoms with E-state index in [0.717, 1.165) is 0 Å². The van der Waals surface area contributed by atoms with Gasteiger partial charge >= 0.3 is 11.8 Å². The summed E-state index contributed by atoms with van der Waals surface area (Å²) in [4.78, 5) is 39.6. The molecule has 3 amide bonds. The third-order valence-corrected chi connectivity index (χ3v) is 4.23. The number of hydrogen-bond donors (Lipinski definition) is 1. The smallest absolute Gasteiger partial charge is 0.313 e. The Balaban J connectivity index is 1.55. The van der Waals surface area contributed by atoms with Crippen molar-refractivity contribution in [2.45, 2.75) is 0 Å². The van der Waals surface area contributed by atoms with Gasteiger partial charge in [0.25, 0.3) is 5.91 Å². The van der Waals surface area contributed by atoms with Crippen LogP contribution in [0.5, 0.6) is 0 Å². The van der Waals surface area contributed by atoms with Crippen LogP contribution in [0.2, 0.25) is 5.02 Å². The first kappa shape index (κ1) is 17.0. The topological polar surface area (TPSA) is 82.9 Å². The van der Waals surface area contributed by atoms with Crippen molar-refractivity contribution in [3.8, 4) is 0 Å². The predicted octanol–water partition coefficient (Wildman–Crippen LogP) is 1.86. The minimum atomic E-state index is -0.751. The highest BCUT2D eigenvalue weighted by Gasteiger charge is 2.29. The van der Waals surface area contributed by atoms with Crippen LogP contribution in [0.25, 0.3) is 0 Å². The lowest BCUT2D eigenvalue weighted by atomic mass is 10.2. The predicted molar refractivity (Wildman–Crippen MR) is 91.3 cm³/mol. The quantitative estimate of drug-likeness (QED) is 0.827. The number of para-hydroxylation sites is 1. The molecule has 0 radical (unpaired) electrons. The van der Waals surface area contributed by atoms with Crippen LogP contribution >= 0.6 is 11.6 Å². The van der Waals surface area contributed by atoms with E-state index in [1.54, 1.807) is 41.3 Å². The van der Waals surface area contributed by atoms with Crippen molar-refractivity contribution in [1.29, 1.82) is 0 Å². The lowest BCUT2D eigenvalue weighted by Gasteiger charge is -2.33. The molecule has 1 aromatic heterocycles. The fourth-order valence-electron chi connectivity index (χ4n) is 2.55. The van der Waals surface area contributed by atoms with Gasteiger partial charge in [-0.2, -0.15) is 0 Å². The molecule has 2 aromatic rings. The van der Waals surface area contributed by atoms with Gasteiger partial charge in [-0.25, -0.2) is 0 Å². The van der Waals surface area contributed by atoms with E-state index in [-0.39, 0.29) is 24.8 Å².